The highest BCUT2D eigenvalue weighted by Crippen LogP contribution is 2.31. The Balaban J connectivity index is 1.29. The summed E-state index contributed by atoms with van der Waals surface area (Å²) in [6, 6.07) is 20.6. The van der Waals surface area contributed by atoms with E-state index in [4.69, 9.17) is 9.15 Å². The van der Waals surface area contributed by atoms with Crippen molar-refractivity contribution in [1.82, 2.24) is 10.3 Å². The van der Waals surface area contributed by atoms with Crippen molar-refractivity contribution in [2.24, 2.45) is 0 Å². The Kier molecular flexibility index (Phi) is 6.36. The van der Waals surface area contributed by atoms with Crippen molar-refractivity contribution in [3.63, 3.8) is 0 Å². The first-order valence-corrected chi connectivity index (χ1v) is 12.1. The minimum atomic E-state index is -0.398. The number of benzene rings is 3. The van der Waals surface area contributed by atoms with Crippen LogP contribution in [0.15, 0.2) is 77.7 Å². The van der Waals surface area contributed by atoms with Crippen molar-refractivity contribution < 1.29 is 18.7 Å². The van der Waals surface area contributed by atoms with Gasteiger partial charge in [0.2, 0.25) is 5.91 Å². The quantitative estimate of drug-likeness (QED) is 0.340. The Morgan fingerprint density at radius 1 is 1.12 bits per heavy atom. The molecule has 2 unspecified atom stereocenters. The largest absolute Gasteiger partial charge is 0.479 e. The minimum Gasteiger partial charge on any atom is -0.479 e. The highest BCUT2D eigenvalue weighted by atomic mass is 32.2. The molecule has 0 aliphatic carbocycles. The molecule has 2 amide bonds. The molecule has 2 heterocycles. The van der Waals surface area contributed by atoms with Gasteiger partial charge in [0, 0.05) is 0 Å². The van der Waals surface area contributed by atoms with Crippen molar-refractivity contribution in [2.45, 2.75) is 37.5 Å². The molecule has 2 atom stereocenters. The molecule has 0 saturated carbocycles. The van der Waals surface area contributed by atoms with Crippen LogP contribution in [0.25, 0.3) is 10.8 Å². The van der Waals surface area contributed by atoms with Gasteiger partial charge in [0.25, 0.3) is 5.24 Å². The molecule has 1 fully saturated rings. The van der Waals surface area contributed by atoms with Crippen molar-refractivity contribution >= 4 is 33.7 Å². The lowest BCUT2D eigenvalue weighted by molar-refractivity contribution is -0.119. The zero-order valence-electron chi connectivity index (χ0n) is 18.7. The average Bonchev–Trinajstić information content (AvgIpc) is 3.48. The zero-order valence-corrected chi connectivity index (χ0v) is 19.5. The van der Waals surface area contributed by atoms with Crippen molar-refractivity contribution in [2.75, 3.05) is 0 Å². The standard InChI is InChI=1S/C27H24N2O4S/c1-17-4-2-6-19-14-20(10-13-22(17)19)25(23-15-32-16-28-23)33-21-11-8-18(9-12-21)5-3-7-24-26(30)29-27(31)34-24/h2,4,6,8-16,24-25H,3,5,7H2,1H3,(H,29,30,31). The second kappa shape index (κ2) is 9.73. The number of oxazole rings is 1. The number of nitrogens with zero attached hydrogens (tertiary/aromatic N) is 1. The van der Waals surface area contributed by atoms with Crippen LogP contribution < -0.4 is 10.1 Å². The van der Waals surface area contributed by atoms with Crippen LogP contribution in [-0.2, 0) is 11.2 Å². The number of hydrogen-bond acceptors (Lipinski definition) is 6. The summed E-state index contributed by atoms with van der Waals surface area (Å²) in [4.78, 5) is 27.3. The fourth-order valence-corrected chi connectivity index (χ4v) is 5.09. The first-order valence-electron chi connectivity index (χ1n) is 11.2. The van der Waals surface area contributed by atoms with Gasteiger partial charge in [0.05, 0.1) is 5.25 Å². The lowest BCUT2D eigenvalue weighted by atomic mass is 9.99. The maximum Gasteiger partial charge on any atom is 0.286 e. The maximum absolute atomic E-state index is 11.7. The first-order chi connectivity index (χ1) is 16.6. The number of amides is 2. The molecule has 7 heteroatoms. The Morgan fingerprint density at radius 2 is 1.97 bits per heavy atom. The van der Waals surface area contributed by atoms with Crippen molar-refractivity contribution in [3.05, 3.63) is 95.7 Å². The van der Waals surface area contributed by atoms with E-state index in [0.717, 1.165) is 46.9 Å². The number of aromatic nitrogens is 1. The number of imide groups is 1. The van der Waals surface area contributed by atoms with Gasteiger partial charge in [-0.3, -0.25) is 14.9 Å². The van der Waals surface area contributed by atoms with Gasteiger partial charge >= 0.3 is 0 Å². The molecule has 34 heavy (non-hydrogen) atoms. The van der Waals surface area contributed by atoms with E-state index < -0.39 is 6.10 Å². The number of fused-ring (bicyclic) bond motifs is 1. The number of carbonyl (C=O) groups excluding carboxylic acids is 2. The molecule has 1 N–H and O–H groups in total. The molecule has 1 saturated heterocycles. The van der Waals surface area contributed by atoms with Gasteiger partial charge in [-0.15, -0.1) is 0 Å². The van der Waals surface area contributed by atoms with Crippen LogP contribution in [0.1, 0.15) is 41.3 Å². The number of aryl methyl sites for hydroxylation is 2. The number of thioether (sulfide) groups is 1. The first kappa shape index (κ1) is 22.2. The molecule has 1 aliphatic rings. The van der Waals surface area contributed by atoms with E-state index in [1.54, 1.807) is 6.26 Å². The molecule has 0 radical (unpaired) electrons. The van der Waals surface area contributed by atoms with E-state index in [9.17, 15) is 9.59 Å². The third kappa shape index (κ3) is 4.84. The highest BCUT2D eigenvalue weighted by molar-refractivity contribution is 8.15. The second-order valence-corrected chi connectivity index (χ2v) is 9.56. The number of carbonyl (C=O) groups is 2. The summed E-state index contributed by atoms with van der Waals surface area (Å²) in [5, 5.41) is 4.18. The van der Waals surface area contributed by atoms with E-state index in [1.807, 2.05) is 24.3 Å². The van der Waals surface area contributed by atoms with Gasteiger partial charge in [-0.25, -0.2) is 4.98 Å². The molecule has 1 aromatic heterocycles. The van der Waals surface area contributed by atoms with Crippen LogP contribution in [0.3, 0.4) is 0 Å². The summed E-state index contributed by atoms with van der Waals surface area (Å²) in [6.45, 7) is 2.11. The van der Waals surface area contributed by atoms with Gasteiger partial charge < -0.3 is 9.15 Å². The van der Waals surface area contributed by atoms with E-state index in [0.29, 0.717) is 12.1 Å². The fraction of sp³-hybridized carbons (Fsp3) is 0.222. The Morgan fingerprint density at radius 3 is 2.71 bits per heavy atom. The Bertz CT molecular complexity index is 1320. The van der Waals surface area contributed by atoms with E-state index in [-0.39, 0.29) is 16.4 Å². The molecular formula is C27H24N2O4S. The molecule has 0 spiro atoms. The van der Waals surface area contributed by atoms with Crippen LogP contribution >= 0.6 is 11.8 Å². The molecule has 1 aliphatic heterocycles. The summed E-state index contributed by atoms with van der Waals surface area (Å²) < 4.78 is 11.6. The Labute approximate surface area is 201 Å². The Hall–Kier alpha value is -3.58. The molecule has 6 nitrogen and oxygen atoms in total. The molecule has 0 bridgehead atoms. The molecular weight excluding hydrogens is 448 g/mol. The predicted octanol–water partition coefficient (Wildman–Crippen LogP) is 5.98. The summed E-state index contributed by atoms with van der Waals surface area (Å²) in [6.07, 6.45) is 4.96. The van der Waals surface area contributed by atoms with E-state index in [1.165, 1.54) is 17.3 Å². The van der Waals surface area contributed by atoms with E-state index >= 15 is 0 Å². The SMILES string of the molecule is Cc1cccc2cc(C(Oc3ccc(CCCC4SC(=O)NC4=O)cc3)c3cocn3)ccc12. The third-order valence-corrected chi connectivity index (χ3v) is 7.07. The third-order valence-electron chi connectivity index (χ3n) is 6.02. The minimum absolute atomic E-state index is 0.179. The molecule has 3 aromatic carbocycles. The summed E-state index contributed by atoms with van der Waals surface area (Å²) >= 11 is 1.08. The lowest BCUT2D eigenvalue weighted by Crippen LogP contribution is -2.24. The predicted molar refractivity (Wildman–Crippen MR) is 132 cm³/mol. The highest BCUT2D eigenvalue weighted by Gasteiger charge is 2.30. The molecule has 172 valence electrons. The van der Waals surface area contributed by atoms with Crippen molar-refractivity contribution in [1.29, 1.82) is 0 Å². The normalized spacial score (nSPS) is 16.6. The van der Waals surface area contributed by atoms with Crippen LogP contribution in [-0.4, -0.2) is 21.4 Å². The summed E-state index contributed by atoms with van der Waals surface area (Å²) in [5.41, 5.74) is 4.09. The van der Waals surface area contributed by atoms with Crippen molar-refractivity contribution in [3.8, 4) is 5.75 Å². The average molecular weight is 473 g/mol. The van der Waals surface area contributed by atoms with Gasteiger partial charge in [-0.2, -0.15) is 0 Å². The van der Waals surface area contributed by atoms with Crippen LogP contribution in [0.5, 0.6) is 5.75 Å². The fourth-order valence-electron chi connectivity index (χ4n) is 4.22. The summed E-state index contributed by atoms with van der Waals surface area (Å²) in [5.74, 6) is 0.555. The second-order valence-electron chi connectivity index (χ2n) is 8.39. The number of hydrogen-bond donors (Lipinski definition) is 1. The van der Waals surface area contributed by atoms with Crippen LogP contribution in [0.2, 0.25) is 0 Å². The van der Waals surface area contributed by atoms with Crippen LogP contribution in [0.4, 0.5) is 4.79 Å². The lowest BCUT2D eigenvalue weighted by Gasteiger charge is -2.18. The zero-order chi connectivity index (χ0) is 23.5. The van der Waals surface area contributed by atoms with E-state index in [2.05, 4.69) is 53.6 Å². The monoisotopic (exact) mass is 472 g/mol. The summed E-state index contributed by atoms with van der Waals surface area (Å²) in [7, 11) is 0. The molecule has 5 rings (SSSR count). The van der Waals surface area contributed by atoms with Gasteiger partial charge in [0.15, 0.2) is 12.5 Å². The number of nitrogens with one attached hydrogen (secondary N) is 1. The topological polar surface area (TPSA) is 81.4 Å². The number of ether oxygens (including phenoxy) is 1. The molecule has 4 aromatic rings. The van der Waals surface area contributed by atoms with Crippen LogP contribution in [0, 0.1) is 6.92 Å². The van der Waals surface area contributed by atoms with Gasteiger partial charge in [0.1, 0.15) is 17.7 Å². The smallest absolute Gasteiger partial charge is 0.286 e. The van der Waals surface area contributed by atoms with Gasteiger partial charge in [-0.05, 0) is 71.8 Å². The van der Waals surface area contributed by atoms with Gasteiger partial charge in [-0.1, -0.05) is 54.2 Å². The maximum atomic E-state index is 11.7. The number of rotatable bonds is 8.